The molecule has 2 nitrogen and oxygen atoms in total. The fraction of sp³-hybridized carbons (Fsp3) is 0.583. The summed E-state index contributed by atoms with van der Waals surface area (Å²) in [6, 6.07) is 1.92. The molecule has 1 heterocycles. The highest BCUT2D eigenvalue weighted by molar-refractivity contribution is 9.10. The van der Waals surface area contributed by atoms with Crippen molar-refractivity contribution in [2.45, 2.75) is 20.3 Å². The monoisotopic (exact) mass is 303 g/mol. The first-order chi connectivity index (χ1) is 7.50. The Kier molecular flexibility index (Phi) is 5.66. The van der Waals surface area contributed by atoms with Gasteiger partial charge in [0.25, 0.3) is 0 Å². The Morgan fingerprint density at radius 2 is 2.25 bits per heavy atom. The van der Waals surface area contributed by atoms with E-state index in [9.17, 15) is 4.79 Å². The Bertz CT molecular complexity index is 349. The van der Waals surface area contributed by atoms with Crippen molar-refractivity contribution in [1.29, 1.82) is 0 Å². The van der Waals surface area contributed by atoms with Gasteiger partial charge in [-0.05, 0) is 53.3 Å². The summed E-state index contributed by atoms with van der Waals surface area (Å²) in [4.78, 5) is 14.8. The predicted octanol–water partition coefficient (Wildman–Crippen LogP) is 3.67. The van der Waals surface area contributed by atoms with Crippen LogP contribution in [0.1, 0.15) is 29.9 Å². The normalized spacial score (nSPS) is 11.4. The van der Waals surface area contributed by atoms with Crippen molar-refractivity contribution < 1.29 is 4.79 Å². The second kappa shape index (κ2) is 6.52. The number of thiophene rings is 1. The SMILES string of the molecule is CC(C)CCN(C)CC(=O)c1sccc1Br. The molecule has 0 unspecified atom stereocenters. The third-order valence-corrected chi connectivity index (χ3v) is 4.25. The first-order valence-electron chi connectivity index (χ1n) is 5.45. The van der Waals surface area contributed by atoms with E-state index in [0.29, 0.717) is 12.5 Å². The van der Waals surface area contributed by atoms with E-state index in [2.05, 4.69) is 34.7 Å². The summed E-state index contributed by atoms with van der Waals surface area (Å²) in [5, 5.41) is 1.94. The minimum atomic E-state index is 0.202. The van der Waals surface area contributed by atoms with Crippen LogP contribution in [0.15, 0.2) is 15.9 Å². The molecule has 0 aliphatic rings. The van der Waals surface area contributed by atoms with Crippen LogP contribution < -0.4 is 0 Å². The number of ketones is 1. The minimum Gasteiger partial charge on any atom is -0.299 e. The van der Waals surface area contributed by atoms with Gasteiger partial charge in [0.05, 0.1) is 11.4 Å². The molecule has 1 aromatic rings. The molecular weight excluding hydrogens is 286 g/mol. The van der Waals surface area contributed by atoms with Gasteiger partial charge in [0.15, 0.2) is 5.78 Å². The average molecular weight is 304 g/mol. The Morgan fingerprint density at radius 1 is 1.56 bits per heavy atom. The van der Waals surface area contributed by atoms with Gasteiger partial charge < -0.3 is 0 Å². The number of carbonyl (C=O) groups is 1. The predicted molar refractivity (Wildman–Crippen MR) is 73.3 cm³/mol. The summed E-state index contributed by atoms with van der Waals surface area (Å²) >= 11 is 4.89. The number of hydrogen-bond acceptors (Lipinski definition) is 3. The molecule has 0 radical (unpaired) electrons. The zero-order valence-electron chi connectivity index (χ0n) is 10.00. The molecule has 0 aliphatic carbocycles. The standard InChI is InChI=1S/C12H18BrNOS/c1-9(2)4-6-14(3)8-11(15)12-10(13)5-7-16-12/h5,7,9H,4,6,8H2,1-3H3. The fourth-order valence-electron chi connectivity index (χ4n) is 1.37. The van der Waals surface area contributed by atoms with Crippen LogP contribution in [0.2, 0.25) is 0 Å². The van der Waals surface area contributed by atoms with Crippen LogP contribution in [-0.2, 0) is 0 Å². The van der Waals surface area contributed by atoms with Crippen molar-refractivity contribution >= 4 is 33.0 Å². The molecule has 0 amide bonds. The van der Waals surface area contributed by atoms with Gasteiger partial charge in [-0.1, -0.05) is 13.8 Å². The molecule has 0 spiro atoms. The van der Waals surface area contributed by atoms with Crippen molar-refractivity contribution in [3.8, 4) is 0 Å². The maximum atomic E-state index is 11.9. The number of hydrogen-bond donors (Lipinski definition) is 0. The number of carbonyl (C=O) groups excluding carboxylic acids is 1. The van der Waals surface area contributed by atoms with Crippen molar-refractivity contribution in [3.05, 3.63) is 20.8 Å². The molecule has 0 aliphatic heterocycles. The number of likely N-dealkylation sites (N-methyl/N-ethyl adjacent to an activating group) is 1. The summed E-state index contributed by atoms with van der Waals surface area (Å²) < 4.78 is 0.916. The fourth-order valence-corrected chi connectivity index (χ4v) is 2.89. The van der Waals surface area contributed by atoms with Gasteiger partial charge >= 0.3 is 0 Å². The average Bonchev–Trinajstić information content (AvgIpc) is 2.61. The maximum Gasteiger partial charge on any atom is 0.187 e. The first kappa shape index (κ1) is 13.9. The molecule has 0 saturated carbocycles. The molecule has 0 fully saturated rings. The highest BCUT2D eigenvalue weighted by Gasteiger charge is 2.13. The quantitative estimate of drug-likeness (QED) is 0.747. The Balaban J connectivity index is 2.43. The molecule has 0 aromatic carbocycles. The van der Waals surface area contributed by atoms with Crippen LogP contribution in [0.5, 0.6) is 0 Å². The van der Waals surface area contributed by atoms with Gasteiger partial charge in [-0.15, -0.1) is 11.3 Å². The van der Waals surface area contributed by atoms with Crippen LogP contribution in [0.25, 0.3) is 0 Å². The molecule has 90 valence electrons. The van der Waals surface area contributed by atoms with Crippen LogP contribution in [-0.4, -0.2) is 30.8 Å². The lowest BCUT2D eigenvalue weighted by Crippen LogP contribution is -2.27. The molecule has 0 atom stereocenters. The van der Waals surface area contributed by atoms with E-state index in [1.54, 1.807) is 0 Å². The molecule has 0 bridgehead atoms. The highest BCUT2D eigenvalue weighted by Crippen LogP contribution is 2.23. The summed E-state index contributed by atoms with van der Waals surface area (Å²) in [5.41, 5.74) is 0. The third kappa shape index (κ3) is 4.36. The lowest BCUT2D eigenvalue weighted by atomic mass is 10.1. The van der Waals surface area contributed by atoms with E-state index in [1.807, 2.05) is 18.5 Å². The van der Waals surface area contributed by atoms with Gasteiger partial charge in [-0.3, -0.25) is 9.69 Å². The van der Waals surface area contributed by atoms with E-state index < -0.39 is 0 Å². The van der Waals surface area contributed by atoms with Crippen LogP contribution in [0, 0.1) is 5.92 Å². The molecule has 0 saturated heterocycles. The Labute approximate surface area is 110 Å². The lowest BCUT2D eigenvalue weighted by Gasteiger charge is -2.16. The number of nitrogens with zero attached hydrogens (tertiary/aromatic N) is 1. The van der Waals surface area contributed by atoms with Gasteiger partial charge in [0, 0.05) is 4.47 Å². The van der Waals surface area contributed by atoms with Crippen molar-refractivity contribution in [3.63, 3.8) is 0 Å². The smallest absolute Gasteiger partial charge is 0.187 e. The van der Waals surface area contributed by atoms with E-state index in [1.165, 1.54) is 11.3 Å². The molecule has 1 rings (SSSR count). The molecule has 1 aromatic heterocycles. The van der Waals surface area contributed by atoms with E-state index in [-0.39, 0.29) is 5.78 Å². The Hall–Kier alpha value is -0.190. The zero-order valence-corrected chi connectivity index (χ0v) is 12.4. The molecule has 0 N–H and O–H groups in total. The van der Waals surface area contributed by atoms with Crippen molar-refractivity contribution in [2.75, 3.05) is 20.1 Å². The Morgan fingerprint density at radius 3 is 2.75 bits per heavy atom. The van der Waals surface area contributed by atoms with E-state index >= 15 is 0 Å². The minimum absolute atomic E-state index is 0.202. The van der Waals surface area contributed by atoms with Crippen LogP contribution in [0.4, 0.5) is 0 Å². The summed E-state index contributed by atoms with van der Waals surface area (Å²) in [6.07, 6.45) is 1.13. The number of rotatable bonds is 6. The topological polar surface area (TPSA) is 20.3 Å². The summed E-state index contributed by atoms with van der Waals surface area (Å²) in [5.74, 6) is 0.888. The number of halogens is 1. The van der Waals surface area contributed by atoms with Crippen molar-refractivity contribution in [2.24, 2.45) is 5.92 Å². The highest BCUT2D eigenvalue weighted by atomic mass is 79.9. The van der Waals surface area contributed by atoms with Gasteiger partial charge in [-0.2, -0.15) is 0 Å². The van der Waals surface area contributed by atoms with Gasteiger partial charge in [0.2, 0.25) is 0 Å². The third-order valence-electron chi connectivity index (χ3n) is 2.37. The summed E-state index contributed by atoms with van der Waals surface area (Å²) in [7, 11) is 2.00. The van der Waals surface area contributed by atoms with E-state index in [0.717, 1.165) is 22.3 Å². The maximum absolute atomic E-state index is 11.9. The largest absolute Gasteiger partial charge is 0.299 e. The van der Waals surface area contributed by atoms with Crippen LogP contribution >= 0.6 is 27.3 Å². The molecular formula is C12H18BrNOS. The van der Waals surface area contributed by atoms with Gasteiger partial charge in [-0.25, -0.2) is 0 Å². The second-order valence-corrected chi connectivity index (χ2v) is 6.21. The first-order valence-corrected chi connectivity index (χ1v) is 7.12. The molecule has 4 heteroatoms. The van der Waals surface area contributed by atoms with E-state index in [4.69, 9.17) is 0 Å². The summed E-state index contributed by atoms with van der Waals surface area (Å²) in [6.45, 7) is 5.88. The second-order valence-electron chi connectivity index (χ2n) is 4.44. The number of Topliss-reactive ketones (excluding diaryl/α,β-unsaturated/α-hetero) is 1. The molecule has 16 heavy (non-hydrogen) atoms. The van der Waals surface area contributed by atoms with Gasteiger partial charge in [0.1, 0.15) is 0 Å². The lowest BCUT2D eigenvalue weighted by molar-refractivity contribution is 0.0947. The zero-order chi connectivity index (χ0) is 12.1. The van der Waals surface area contributed by atoms with Crippen LogP contribution in [0.3, 0.4) is 0 Å². The van der Waals surface area contributed by atoms with Crippen molar-refractivity contribution in [1.82, 2.24) is 4.90 Å².